The van der Waals surface area contributed by atoms with E-state index in [0.29, 0.717) is 35.3 Å². The maximum absolute atomic E-state index is 13.2. The Bertz CT molecular complexity index is 1070. The van der Waals surface area contributed by atoms with Gasteiger partial charge in [-0.05, 0) is 65.5 Å². The number of carbonyl (C=O) groups excluding carboxylic acids is 1. The van der Waals surface area contributed by atoms with Crippen LogP contribution in [-0.4, -0.2) is 62.8 Å². The van der Waals surface area contributed by atoms with E-state index in [4.69, 9.17) is 11.6 Å². The highest BCUT2D eigenvalue weighted by Crippen LogP contribution is 2.32. The number of thiophene rings is 1. The number of piperidine rings is 1. The molecule has 1 amide bonds. The molecule has 2 aliphatic rings. The fraction of sp³-hybridized carbons (Fsp3) is 0.476. The van der Waals surface area contributed by atoms with Gasteiger partial charge in [-0.2, -0.15) is 4.31 Å². The molecule has 0 saturated carbocycles. The summed E-state index contributed by atoms with van der Waals surface area (Å²) in [5.41, 5.74) is 2.27. The van der Waals surface area contributed by atoms with Crippen molar-refractivity contribution in [2.24, 2.45) is 5.92 Å². The van der Waals surface area contributed by atoms with E-state index in [1.54, 1.807) is 12.1 Å². The first-order valence-corrected chi connectivity index (χ1v) is 13.7. The zero-order chi connectivity index (χ0) is 22.2. The number of nitrogens with zero attached hydrogens (tertiary/aromatic N) is 3. The Morgan fingerprint density at radius 1 is 1.13 bits per heavy atom. The number of hydrogen-bond donors (Lipinski definition) is 0. The number of piperazine rings is 1. The van der Waals surface area contributed by atoms with E-state index in [1.165, 1.54) is 15.6 Å². The highest BCUT2D eigenvalue weighted by Gasteiger charge is 2.36. The van der Waals surface area contributed by atoms with Crippen molar-refractivity contribution in [1.29, 1.82) is 0 Å². The molecular weight excluding hydrogens is 522 g/mol. The number of aryl methyl sites for hydroxylation is 1. The van der Waals surface area contributed by atoms with Gasteiger partial charge in [0.2, 0.25) is 5.91 Å². The molecule has 0 aliphatic carbocycles. The molecule has 4 rings (SSSR count). The smallest absolute Gasteiger partial charge is 0.252 e. The van der Waals surface area contributed by atoms with Crippen molar-refractivity contribution >= 4 is 60.5 Å². The minimum atomic E-state index is -3.56. The molecule has 0 bridgehead atoms. The Morgan fingerprint density at radius 2 is 1.87 bits per heavy atom. The summed E-state index contributed by atoms with van der Waals surface area (Å²) in [4.78, 5) is 17.3. The highest BCUT2D eigenvalue weighted by molar-refractivity contribution is 9.11. The summed E-state index contributed by atoms with van der Waals surface area (Å²) >= 11 is 10.7. The van der Waals surface area contributed by atoms with Gasteiger partial charge >= 0.3 is 0 Å². The van der Waals surface area contributed by atoms with E-state index >= 15 is 0 Å². The van der Waals surface area contributed by atoms with Crippen molar-refractivity contribution in [3.8, 4) is 0 Å². The molecule has 168 valence electrons. The second-order valence-electron chi connectivity index (χ2n) is 8.00. The topological polar surface area (TPSA) is 60.9 Å². The summed E-state index contributed by atoms with van der Waals surface area (Å²) in [5.74, 6) is -0.221. The van der Waals surface area contributed by atoms with E-state index < -0.39 is 10.0 Å². The van der Waals surface area contributed by atoms with Crippen LogP contribution in [-0.2, 0) is 14.8 Å². The second-order valence-corrected chi connectivity index (χ2v) is 13.1. The highest BCUT2D eigenvalue weighted by atomic mass is 79.9. The van der Waals surface area contributed by atoms with E-state index in [2.05, 4.69) is 27.8 Å². The van der Waals surface area contributed by atoms with Crippen molar-refractivity contribution in [1.82, 2.24) is 9.21 Å². The number of anilines is 1. The molecule has 0 unspecified atom stereocenters. The summed E-state index contributed by atoms with van der Waals surface area (Å²) < 4.78 is 28.5. The molecule has 6 nitrogen and oxygen atoms in total. The first kappa shape index (κ1) is 23.0. The number of carbonyl (C=O) groups is 1. The molecule has 1 aromatic carbocycles. The number of halogens is 2. The minimum absolute atomic E-state index is 0.0646. The molecular formula is C21H25BrClN3O3S2. The second kappa shape index (κ2) is 9.39. The number of sulfonamides is 1. The maximum atomic E-state index is 13.2. The van der Waals surface area contributed by atoms with Gasteiger partial charge in [0.25, 0.3) is 10.0 Å². The number of rotatable bonds is 4. The van der Waals surface area contributed by atoms with Gasteiger partial charge in [-0.1, -0.05) is 17.7 Å². The summed E-state index contributed by atoms with van der Waals surface area (Å²) in [7, 11) is -3.56. The van der Waals surface area contributed by atoms with E-state index in [-0.39, 0.29) is 18.4 Å². The number of hydrogen-bond acceptors (Lipinski definition) is 5. The fourth-order valence-corrected chi connectivity index (χ4v) is 8.13. The standard InChI is InChI=1S/C21H25BrClN3O3S2/c1-15-4-5-17(23)13-18(15)24-9-11-25(12-10-24)21(27)16-3-2-8-26(14-16)31(28,29)20-7-6-19(22)30-20/h4-7,13,16H,2-3,8-12,14H2,1H3/t16-/m1/s1. The Balaban J connectivity index is 1.39. The van der Waals surface area contributed by atoms with Crippen LogP contribution in [0.3, 0.4) is 0 Å². The number of amides is 1. The van der Waals surface area contributed by atoms with Crippen molar-refractivity contribution in [3.05, 3.63) is 44.7 Å². The molecule has 1 aromatic heterocycles. The molecule has 2 aromatic rings. The largest absolute Gasteiger partial charge is 0.368 e. The lowest BCUT2D eigenvalue weighted by atomic mass is 9.97. The van der Waals surface area contributed by atoms with Gasteiger partial charge in [0.1, 0.15) is 4.21 Å². The first-order valence-electron chi connectivity index (χ1n) is 10.3. The van der Waals surface area contributed by atoms with E-state index in [0.717, 1.165) is 34.5 Å². The maximum Gasteiger partial charge on any atom is 0.252 e. The minimum Gasteiger partial charge on any atom is -0.368 e. The Hall–Kier alpha value is -1.13. The lowest BCUT2D eigenvalue weighted by Crippen LogP contribution is -2.53. The Kier molecular flexibility index (Phi) is 6.98. The fourth-order valence-electron chi connectivity index (χ4n) is 4.28. The van der Waals surface area contributed by atoms with Gasteiger partial charge in [0.15, 0.2) is 0 Å². The van der Waals surface area contributed by atoms with Crippen molar-refractivity contribution in [2.45, 2.75) is 24.0 Å². The van der Waals surface area contributed by atoms with Crippen LogP contribution in [0.25, 0.3) is 0 Å². The van der Waals surface area contributed by atoms with Crippen LogP contribution >= 0.6 is 38.9 Å². The predicted molar refractivity (Wildman–Crippen MR) is 128 cm³/mol. The normalized spacial score (nSPS) is 20.8. The van der Waals surface area contributed by atoms with Crippen LogP contribution in [0.2, 0.25) is 5.02 Å². The third-order valence-corrected chi connectivity index (χ3v) is 10.2. The third kappa shape index (κ3) is 4.95. The molecule has 0 spiro atoms. The van der Waals surface area contributed by atoms with E-state index in [9.17, 15) is 13.2 Å². The molecule has 2 fully saturated rings. The van der Waals surface area contributed by atoms with Gasteiger partial charge < -0.3 is 9.80 Å². The monoisotopic (exact) mass is 545 g/mol. The quantitative estimate of drug-likeness (QED) is 0.576. The van der Waals surface area contributed by atoms with Gasteiger partial charge in [-0.3, -0.25) is 4.79 Å². The van der Waals surface area contributed by atoms with Crippen LogP contribution in [0.15, 0.2) is 38.3 Å². The van der Waals surface area contributed by atoms with Crippen LogP contribution < -0.4 is 4.90 Å². The SMILES string of the molecule is Cc1ccc(Cl)cc1N1CCN(C(=O)[C@@H]2CCCN(S(=O)(=O)c3ccc(Br)s3)C2)CC1. The predicted octanol–water partition coefficient (Wildman–Crippen LogP) is 4.22. The van der Waals surface area contributed by atoms with Gasteiger partial charge in [0.05, 0.1) is 9.70 Å². The summed E-state index contributed by atoms with van der Waals surface area (Å²) in [5, 5.41) is 0.709. The third-order valence-electron chi connectivity index (χ3n) is 5.98. The van der Waals surface area contributed by atoms with Crippen LogP contribution in [0.5, 0.6) is 0 Å². The average Bonchev–Trinajstić information content (AvgIpc) is 3.22. The lowest BCUT2D eigenvalue weighted by Gasteiger charge is -2.39. The molecule has 0 N–H and O–H groups in total. The molecule has 1 atom stereocenters. The summed E-state index contributed by atoms with van der Waals surface area (Å²) in [6, 6.07) is 9.23. The molecule has 10 heteroatoms. The van der Waals surface area contributed by atoms with Crippen LogP contribution in [0.1, 0.15) is 18.4 Å². The summed E-state index contributed by atoms with van der Waals surface area (Å²) in [6.45, 7) is 5.52. The van der Waals surface area contributed by atoms with Crippen molar-refractivity contribution < 1.29 is 13.2 Å². The van der Waals surface area contributed by atoms with Crippen molar-refractivity contribution in [3.63, 3.8) is 0 Å². The number of benzene rings is 1. The molecule has 0 radical (unpaired) electrons. The first-order chi connectivity index (χ1) is 14.8. The Morgan fingerprint density at radius 3 is 2.55 bits per heavy atom. The lowest BCUT2D eigenvalue weighted by molar-refractivity contribution is -0.137. The van der Waals surface area contributed by atoms with E-state index in [1.807, 2.05) is 23.1 Å². The van der Waals surface area contributed by atoms with Gasteiger partial charge in [0, 0.05) is 50.0 Å². The Labute approximate surface area is 201 Å². The van der Waals surface area contributed by atoms with Gasteiger partial charge in [-0.25, -0.2) is 8.42 Å². The van der Waals surface area contributed by atoms with Crippen molar-refractivity contribution in [2.75, 3.05) is 44.2 Å². The van der Waals surface area contributed by atoms with Crippen LogP contribution in [0, 0.1) is 12.8 Å². The molecule has 31 heavy (non-hydrogen) atoms. The molecule has 2 saturated heterocycles. The average molecular weight is 547 g/mol. The van der Waals surface area contributed by atoms with Crippen LogP contribution in [0.4, 0.5) is 5.69 Å². The zero-order valence-electron chi connectivity index (χ0n) is 17.3. The summed E-state index contributed by atoms with van der Waals surface area (Å²) in [6.07, 6.45) is 1.43. The molecule has 3 heterocycles. The van der Waals surface area contributed by atoms with Gasteiger partial charge in [-0.15, -0.1) is 11.3 Å². The molecule has 2 aliphatic heterocycles. The zero-order valence-corrected chi connectivity index (χ0v) is 21.2.